The normalized spacial score (nSPS) is 32.9. The Bertz CT molecular complexity index is 507. The highest BCUT2D eigenvalue weighted by Crippen LogP contribution is 2.27. The van der Waals surface area contributed by atoms with E-state index in [0.29, 0.717) is 5.56 Å². The molecule has 1 aliphatic rings. The molecular formula is C13H17NO7. The van der Waals surface area contributed by atoms with Gasteiger partial charge in [-0.3, -0.25) is 10.1 Å². The topological polar surface area (TPSA) is 133 Å². The zero-order chi connectivity index (χ0) is 15.6. The molecule has 0 radical (unpaired) electrons. The molecule has 1 aromatic rings. The second-order valence-corrected chi connectivity index (χ2v) is 4.96. The maximum Gasteiger partial charge on any atom is 0.272 e. The van der Waals surface area contributed by atoms with Gasteiger partial charge in [-0.05, 0) is 0 Å². The number of para-hydroxylation sites is 1. The minimum Gasteiger partial charge on any atom is -0.394 e. The van der Waals surface area contributed by atoms with E-state index < -0.39 is 42.1 Å². The smallest absolute Gasteiger partial charge is 0.272 e. The average molecular weight is 299 g/mol. The predicted octanol–water partition coefficient (Wildman–Crippen LogP) is -1.02. The molecule has 116 valence electrons. The molecule has 1 fully saturated rings. The third kappa shape index (κ3) is 3.20. The lowest BCUT2D eigenvalue weighted by molar-refractivity contribution is -0.385. The molecule has 0 aliphatic carbocycles. The van der Waals surface area contributed by atoms with Crippen molar-refractivity contribution < 1.29 is 30.1 Å². The molecule has 0 unspecified atom stereocenters. The standard InChI is InChI=1S/C13H17NO7/c15-6-10-12(17)13(18)11(16)9(21-10)5-7-3-1-2-4-8(7)14(19)20/h1-4,9-13,15-18H,5-6H2/t9-,10+,11-,12-,13+/m0/s1. The van der Waals surface area contributed by atoms with E-state index in [9.17, 15) is 25.4 Å². The second-order valence-electron chi connectivity index (χ2n) is 4.96. The Morgan fingerprint density at radius 2 is 1.71 bits per heavy atom. The SMILES string of the molecule is O=[N+]([O-])c1ccccc1C[C@@H]1O[C@H](CO)[C@H](O)[C@H](O)[C@H]1O. The quantitative estimate of drug-likeness (QED) is 0.413. The molecule has 0 spiro atoms. The number of ether oxygens (including phenoxy) is 1. The average Bonchev–Trinajstić information content (AvgIpc) is 2.48. The summed E-state index contributed by atoms with van der Waals surface area (Å²) in [6, 6.07) is 6.00. The van der Waals surface area contributed by atoms with Crippen molar-refractivity contribution in [2.24, 2.45) is 0 Å². The number of hydrogen-bond donors (Lipinski definition) is 4. The summed E-state index contributed by atoms with van der Waals surface area (Å²) >= 11 is 0. The Labute approximate surface area is 120 Å². The first kappa shape index (κ1) is 15.8. The summed E-state index contributed by atoms with van der Waals surface area (Å²) in [7, 11) is 0. The number of nitro benzene ring substituents is 1. The molecule has 21 heavy (non-hydrogen) atoms. The zero-order valence-corrected chi connectivity index (χ0v) is 11.1. The van der Waals surface area contributed by atoms with E-state index in [2.05, 4.69) is 0 Å². The summed E-state index contributed by atoms with van der Waals surface area (Å²) in [6.07, 6.45) is -6.31. The number of hydrogen-bond acceptors (Lipinski definition) is 7. The highest BCUT2D eigenvalue weighted by atomic mass is 16.6. The molecule has 0 aromatic heterocycles. The number of nitrogens with zero attached hydrogens (tertiary/aromatic N) is 1. The van der Waals surface area contributed by atoms with Crippen LogP contribution < -0.4 is 0 Å². The Balaban J connectivity index is 2.20. The van der Waals surface area contributed by atoms with Crippen LogP contribution in [0.3, 0.4) is 0 Å². The third-order valence-electron chi connectivity index (χ3n) is 3.60. The first-order chi connectivity index (χ1) is 9.95. The summed E-state index contributed by atoms with van der Waals surface area (Å²) in [5.74, 6) is 0. The second kappa shape index (κ2) is 6.46. The van der Waals surface area contributed by atoms with Crippen LogP contribution in [-0.4, -0.2) is 62.5 Å². The van der Waals surface area contributed by atoms with Crippen LogP contribution in [0.2, 0.25) is 0 Å². The fraction of sp³-hybridized carbons (Fsp3) is 0.538. The molecule has 1 aliphatic heterocycles. The van der Waals surface area contributed by atoms with Gasteiger partial charge in [-0.1, -0.05) is 18.2 Å². The highest BCUT2D eigenvalue weighted by molar-refractivity contribution is 5.40. The van der Waals surface area contributed by atoms with Gasteiger partial charge in [0.25, 0.3) is 5.69 Å². The number of benzene rings is 1. The van der Waals surface area contributed by atoms with Gasteiger partial charge in [0.2, 0.25) is 0 Å². The first-order valence-electron chi connectivity index (χ1n) is 6.48. The van der Waals surface area contributed by atoms with Crippen LogP contribution in [0.25, 0.3) is 0 Å². The zero-order valence-electron chi connectivity index (χ0n) is 11.1. The summed E-state index contributed by atoms with van der Waals surface area (Å²) < 4.78 is 5.34. The maximum atomic E-state index is 11.0. The van der Waals surface area contributed by atoms with Crippen molar-refractivity contribution in [2.75, 3.05) is 6.61 Å². The van der Waals surface area contributed by atoms with Crippen LogP contribution in [0.1, 0.15) is 5.56 Å². The van der Waals surface area contributed by atoms with Gasteiger partial charge < -0.3 is 25.2 Å². The lowest BCUT2D eigenvalue weighted by atomic mass is 9.91. The van der Waals surface area contributed by atoms with Crippen LogP contribution in [-0.2, 0) is 11.2 Å². The summed E-state index contributed by atoms with van der Waals surface area (Å²) in [5.41, 5.74) is 0.223. The van der Waals surface area contributed by atoms with Gasteiger partial charge >= 0.3 is 0 Å². The molecule has 8 heteroatoms. The van der Waals surface area contributed by atoms with E-state index in [0.717, 1.165) is 0 Å². The van der Waals surface area contributed by atoms with Gasteiger partial charge in [0.1, 0.15) is 24.4 Å². The molecule has 1 aromatic carbocycles. The third-order valence-corrected chi connectivity index (χ3v) is 3.60. The lowest BCUT2D eigenvalue weighted by Gasteiger charge is -2.40. The molecule has 0 saturated carbocycles. The van der Waals surface area contributed by atoms with E-state index in [1.165, 1.54) is 18.2 Å². The molecular weight excluding hydrogens is 282 g/mol. The largest absolute Gasteiger partial charge is 0.394 e. The van der Waals surface area contributed by atoms with E-state index in [1.54, 1.807) is 6.07 Å². The number of rotatable bonds is 4. The van der Waals surface area contributed by atoms with E-state index in [-0.39, 0.29) is 12.1 Å². The molecule has 1 saturated heterocycles. The number of aliphatic hydroxyl groups excluding tert-OH is 4. The lowest BCUT2D eigenvalue weighted by Crippen LogP contribution is -2.59. The van der Waals surface area contributed by atoms with Crippen molar-refractivity contribution in [2.45, 2.75) is 36.9 Å². The van der Waals surface area contributed by atoms with Crippen molar-refractivity contribution in [3.05, 3.63) is 39.9 Å². The van der Waals surface area contributed by atoms with Gasteiger partial charge in [-0.2, -0.15) is 0 Å². The Kier molecular flexibility index (Phi) is 4.86. The summed E-state index contributed by atoms with van der Waals surface area (Å²) in [5, 5.41) is 49.4. The fourth-order valence-corrected chi connectivity index (χ4v) is 2.43. The molecule has 8 nitrogen and oxygen atoms in total. The fourth-order valence-electron chi connectivity index (χ4n) is 2.43. The van der Waals surface area contributed by atoms with Gasteiger partial charge in [0, 0.05) is 18.1 Å². The minimum atomic E-state index is -1.48. The van der Waals surface area contributed by atoms with Crippen molar-refractivity contribution in [3.8, 4) is 0 Å². The van der Waals surface area contributed by atoms with E-state index in [4.69, 9.17) is 9.84 Å². The molecule has 0 amide bonds. The van der Waals surface area contributed by atoms with Crippen molar-refractivity contribution in [3.63, 3.8) is 0 Å². The van der Waals surface area contributed by atoms with Crippen LogP contribution in [0.4, 0.5) is 5.69 Å². The maximum absolute atomic E-state index is 11.0. The Morgan fingerprint density at radius 1 is 1.10 bits per heavy atom. The van der Waals surface area contributed by atoms with Gasteiger partial charge in [-0.15, -0.1) is 0 Å². The van der Waals surface area contributed by atoms with Crippen LogP contribution in [0.15, 0.2) is 24.3 Å². The van der Waals surface area contributed by atoms with Crippen molar-refractivity contribution in [1.82, 2.24) is 0 Å². The predicted molar refractivity (Wildman–Crippen MR) is 70.6 cm³/mol. The Morgan fingerprint density at radius 3 is 2.33 bits per heavy atom. The number of aliphatic hydroxyl groups is 4. The summed E-state index contributed by atoms with van der Waals surface area (Å²) in [6.45, 7) is -0.529. The Hall–Kier alpha value is -1.58. The van der Waals surface area contributed by atoms with Gasteiger partial charge in [0.15, 0.2) is 0 Å². The monoisotopic (exact) mass is 299 g/mol. The molecule has 0 bridgehead atoms. The van der Waals surface area contributed by atoms with Crippen LogP contribution in [0, 0.1) is 10.1 Å². The minimum absolute atomic E-state index is 0.0153. The molecule has 1 heterocycles. The molecule has 2 rings (SSSR count). The summed E-state index contributed by atoms with van der Waals surface area (Å²) in [4.78, 5) is 10.4. The first-order valence-corrected chi connectivity index (χ1v) is 6.48. The van der Waals surface area contributed by atoms with Crippen LogP contribution in [0.5, 0.6) is 0 Å². The van der Waals surface area contributed by atoms with E-state index >= 15 is 0 Å². The van der Waals surface area contributed by atoms with E-state index in [1.807, 2.05) is 0 Å². The highest BCUT2D eigenvalue weighted by Gasteiger charge is 2.43. The van der Waals surface area contributed by atoms with Gasteiger partial charge in [-0.25, -0.2) is 0 Å². The molecule has 5 atom stereocenters. The van der Waals surface area contributed by atoms with Crippen molar-refractivity contribution >= 4 is 5.69 Å². The molecule has 4 N–H and O–H groups in total. The van der Waals surface area contributed by atoms with Crippen LogP contribution >= 0.6 is 0 Å². The number of nitro groups is 1. The van der Waals surface area contributed by atoms with Gasteiger partial charge in [0.05, 0.1) is 17.6 Å². The van der Waals surface area contributed by atoms with Crippen molar-refractivity contribution in [1.29, 1.82) is 0 Å².